The fraction of sp³-hybridized carbons (Fsp3) is 0.613. The summed E-state index contributed by atoms with van der Waals surface area (Å²) in [4.78, 5) is 2.73. The van der Waals surface area contributed by atoms with Gasteiger partial charge in [-0.1, -0.05) is 95.7 Å². The van der Waals surface area contributed by atoms with Gasteiger partial charge in [0.15, 0.2) is 11.5 Å². The van der Waals surface area contributed by atoms with Crippen LogP contribution in [0, 0.1) is 0 Å². The minimum atomic E-state index is 0.594. The lowest BCUT2D eigenvalue weighted by atomic mass is 9.97. The first-order chi connectivity index (χ1) is 16.7. The number of methoxy groups -OCH3 is 1. The Morgan fingerprint density at radius 2 is 1.44 bits per heavy atom. The van der Waals surface area contributed by atoms with E-state index in [0.717, 1.165) is 24.3 Å². The molecule has 0 unspecified atom stereocenters. The Balaban J connectivity index is 2.04. The molecule has 0 saturated heterocycles. The summed E-state index contributed by atoms with van der Waals surface area (Å²) in [6.07, 6.45) is 13.8. The van der Waals surface area contributed by atoms with Crippen LogP contribution in [0.4, 0.5) is 0 Å². The Hall–Kier alpha value is -2.00. The highest BCUT2D eigenvalue weighted by atomic mass is 16.5. The number of hydrogen-bond donors (Lipinski definition) is 0. The molecule has 2 rings (SSSR count). The molecule has 0 aliphatic rings. The van der Waals surface area contributed by atoms with E-state index in [-0.39, 0.29) is 0 Å². The largest absolute Gasteiger partial charge is 0.493 e. The van der Waals surface area contributed by atoms with Gasteiger partial charge >= 0.3 is 0 Å². The average molecular weight is 468 g/mol. The van der Waals surface area contributed by atoms with Crippen LogP contribution in [-0.4, -0.2) is 37.7 Å². The van der Waals surface area contributed by atoms with Crippen molar-refractivity contribution in [2.45, 2.75) is 97.4 Å². The summed E-state index contributed by atoms with van der Waals surface area (Å²) in [5.41, 5.74) is 2.65. The second kappa shape index (κ2) is 17.4. The summed E-state index contributed by atoms with van der Waals surface area (Å²) in [6.45, 7) is 9.92. The zero-order valence-electron chi connectivity index (χ0n) is 22.4. The van der Waals surface area contributed by atoms with E-state index in [4.69, 9.17) is 9.47 Å². The summed E-state index contributed by atoms with van der Waals surface area (Å²) >= 11 is 0. The molecule has 1 atom stereocenters. The molecule has 3 nitrogen and oxygen atoms in total. The van der Waals surface area contributed by atoms with Gasteiger partial charge in [0.2, 0.25) is 0 Å². The molecule has 0 amide bonds. The minimum Gasteiger partial charge on any atom is -0.493 e. The fourth-order valence-corrected chi connectivity index (χ4v) is 4.78. The van der Waals surface area contributed by atoms with Gasteiger partial charge in [0.1, 0.15) is 0 Å². The van der Waals surface area contributed by atoms with Gasteiger partial charge in [-0.25, -0.2) is 0 Å². The Bertz CT molecular complexity index is 755. The maximum Gasteiger partial charge on any atom is 0.161 e. The lowest BCUT2D eigenvalue weighted by Crippen LogP contribution is -2.38. The van der Waals surface area contributed by atoms with Crippen molar-refractivity contribution in [3.05, 3.63) is 59.7 Å². The smallest absolute Gasteiger partial charge is 0.161 e. The molecule has 2 aromatic rings. The molecule has 0 aliphatic heterocycles. The Labute approximate surface area is 209 Å². The molecule has 0 spiro atoms. The van der Waals surface area contributed by atoms with Crippen LogP contribution in [0.5, 0.6) is 11.5 Å². The fourth-order valence-electron chi connectivity index (χ4n) is 4.78. The van der Waals surface area contributed by atoms with E-state index >= 15 is 0 Å². The molecule has 0 aliphatic carbocycles. The van der Waals surface area contributed by atoms with Crippen LogP contribution in [0.1, 0.15) is 89.7 Å². The van der Waals surface area contributed by atoms with E-state index in [2.05, 4.69) is 74.2 Å². The van der Waals surface area contributed by atoms with Crippen LogP contribution in [0.2, 0.25) is 0 Å². The number of unbranched alkanes of at least 4 members (excludes halogenated alkanes) is 5. The SMILES string of the molecule is CCCCCCCC[C@H](Cc1ccc(OC)c(OCCc2ccccc2)c1)N(CCC)CCC. The quantitative estimate of drug-likeness (QED) is 0.195. The third-order valence-corrected chi connectivity index (χ3v) is 6.62. The average Bonchev–Trinajstić information content (AvgIpc) is 2.86. The van der Waals surface area contributed by atoms with Crippen LogP contribution in [0.25, 0.3) is 0 Å². The molecule has 0 saturated carbocycles. The summed E-state index contributed by atoms with van der Waals surface area (Å²) in [5, 5.41) is 0. The van der Waals surface area contributed by atoms with Crippen molar-refractivity contribution in [3.63, 3.8) is 0 Å². The predicted octanol–water partition coefficient (Wildman–Crippen LogP) is 8.10. The molecule has 0 radical (unpaired) electrons. The second-order valence-electron chi connectivity index (χ2n) is 9.52. The van der Waals surface area contributed by atoms with Gasteiger partial charge in [-0.3, -0.25) is 0 Å². The predicted molar refractivity (Wildman–Crippen MR) is 146 cm³/mol. The summed E-state index contributed by atoms with van der Waals surface area (Å²) in [5.74, 6) is 1.69. The van der Waals surface area contributed by atoms with Crippen molar-refractivity contribution in [1.29, 1.82) is 0 Å². The zero-order chi connectivity index (χ0) is 24.4. The Morgan fingerprint density at radius 1 is 0.735 bits per heavy atom. The maximum absolute atomic E-state index is 6.21. The topological polar surface area (TPSA) is 21.7 Å². The van der Waals surface area contributed by atoms with Crippen molar-refractivity contribution in [2.75, 3.05) is 26.8 Å². The first-order valence-corrected chi connectivity index (χ1v) is 13.8. The third kappa shape index (κ3) is 10.5. The molecule has 0 aromatic heterocycles. The van der Waals surface area contributed by atoms with Crippen LogP contribution in [0.3, 0.4) is 0 Å². The first kappa shape index (κ1) is 28.2. The molecule has 2 aromatic carbocycles. The molecule has 34 heavy (non-hydrogen) atoms. The highest BCUT2D eigenvalue weighted by molar-refractivity contribution is 5.43. The number of benzene rings is 2. The number of nitrogens with zero attached hydrogens (tertiary/aromatic N) is 1. The van der Waals surface area contributed by atoms with Crippen LogP contribution in [-0.2, 0) is 12.8 Å². The van der Waals surface area contributed by atoms with E-state index in [9.17, 15) is 0 Å². The molecule has 190 valence electrons. The maximum atomic E-state index is 6.21. The van der Waals surface area contributed by atoms with Gasteiger partial charge in [0, 0.05) is 12.5 Å². The number of ether oxygens (including phenoxy) is 2. The lowest BCUT2D eigenvalue weighted by molar-refractivity contribution is 0.181. The van der Waals surface area contributed by atoms with Gasteiger partial charge in [-0.2, -0.15) is 0 Å². The highest BCUT2D eigenvalue weighted by Crippen LogP contribution is 2.30. The van der Waals surface area contributed by atoms with Crippen LogP contribution < -0.4 is 9.47 Å². The molecular formula is C31H49NO2. The van der Waals surface area contributed by atoms with E-state index in [0.29, 0.717) is 12.6 Å². The Kier molecular flexibility index (Phi) is 14.5. The van der Waals surface area contributed by atoms with E-state index in [1.54, 1.807) is 7.11 Å². The minimum absolute atomic E-state index is 0.594. The number of hydrogen-bond acceptors (Lipinski definition) is 3. The molecule has 0 fully saturated rings. The Morgan fingerprint density at radius 3 is 2.12 bits per heavy atom. The normalized spacial score (nSPS) is 12.1. The van der Waals surface area contributed by atoms with Gasteiger partial charge in [-0.05, 0) is 62.0 Å². The summed E-state index contributed by atoms with van der Waals surface area (Å²) in [6, 6.07) is 17.6. The first-order valence-electron chi connectivity index (χ1n) is 13.8. The highest BCUT2D eigenvalue weighted by Gasteiger charge is 2.19. The van der Waals surface area contributed by atoms with Crippen molar-refractivity contribution >= 4 is 0 Å². The van der Waals surface area contributed by atoms with Gasteiger partial charge in [0.25, 0.3) is 0 Å². The monoisotopic (exact) mass is 467 g/mol. The van der Waals surface area contributed by atoms with Gasteiger partial charge in [-0.15, -0.1) is 0 Å². The zero-order valence-corrected chi connectivity index (χ0v) is 22.4. The van der Waals surface area contributed by atoms with Gasteiger partial charge in [0.05, 0.1) is 13.7 Å². The van der Waals surface area contributed by atoms with Crippen LogP contribution in [0.15, 0.2) is 48.5 Å². The van der Waals surface area contributed by atoms with Crippen LogP contribution >= 0.6 is 0 Å². The van der Waals surface area contributed by atoms with E-state index < -0.39 is 0 Å². The van der Waals surface area contributed by atoms with Gasteiger partial charge < -0.3 is 14.4 Å². The summed E-state index contributed by atoms with van der Waals surface area (Å²) in [7, 11) is 1.73. The third-order valence-electron chi connectivity index (χ3n) is 6.62. The van der Waals surface area contributed by atoms with E-state index in [1.165, 1.54) is 82.0 Å². The second-order valence-corrected chi connectivity index (χ2v) is 9.52. The number of rotatable bonds is 19. The standard InChI is InChI=1S/C31H49NO2/c1-5-8-9-10-11-15-18-29(32(22-6-2)23-7-3)25-28-19-20-30(33-4)31(26-28)34-24-21-27-16-13-12-14-17-27/h12-14,16-17,19-20,26,29H,5-11,15,18,21-25H2,1-4H3/t29-/m1/s1. The molecule has 3 heteroatoms. The van der Waals surface area contributed by atoms with Crippen molar-refractivity contribution in [3.8, 4) is 11.5 Å². The van der Waals surface area contributed by atoms with Crippen molar-refractivity contribution in [1.82, 2.24) is 4.90 Å². The van der Waals surface area contributed by atoms with Crippen molar-refractivity contribution in [2.24, 2.45) is 0 Å². The summed E-state index contributed by atoms with van der Waals surface area (Å²) < 4.78 is 11.8. The molecular weight excluding hydrogens is 418 g/mol. The molecule has 0 heterocycles. The lowest BCUT2D eigenvalue weighted by Gasteiger charge is -2.32. The molecule has 0 N–H and O–H groups in total. The van der Waals surface area contributed by atoms with E-state index in [1.807, 2.05) is 0 Å². The van der Waals surface area contributed by atoms with Crippen molar-refractivity contribution < 1.29 is 9.47 Å². The molecule has 0 bridgehead atoms.